The van der Waals surface area contributed by atoms with Crippen LogP contribution in [0.2, 0.25) is 0 Å². The molecule has 0 aromatic rings. The van der Waals surface area contributed by atoms with Crippen molar-refractivity contribution >= 4 is 11.7 Å². The Hall–Kier alpha value is -0.860. The van der Waals surface area contributed by atoms with Gasteiger partial charge >= 0.3 is 5.97 Å². The lowest BCUT2D eigenvalue weighted by atomic mass is 10.1. The Morgan fingerprint density at radius 2 is 2.36 bits per heavy atom. The van der Waals surface area contributed by atoms with Crippen LogP contribution in [-0.4, -0.2) is 24.8 Å². The van der Waals surface area contributed by atoms with Crippen molar-refractivity contribution in [1.29, 1.82) is 0 Å². The van der Waals surface area contributed by atoms with Gasteiger partial charge in [-0.25, -0.2) is 4.79 Å². The highest BCUT2D eigenvalue weighted by molar-refractivity contribution is 6.42. The van der Waals surface area contributed by atoms with Crippen molar-refractivity contribution in [3.8, 4) is 0 Å². The van der Waals surface area contributed by atoms with Crippen molar-refractivity contribution in [2.75, 3.05) is 13.2 Å². The lowest BCUT2D eigenvalue weighted by molar-refractivity contribution is -0.135. The Bertz CT molecular complexity index is 185. The third-order valence-corrected chi connectivity index (χ3v) is 1.48. The summed E-state index contributed by atoms with van der Waals surface area (Å²) in [5, 5.41) is 0. The standard InChI is InChI=1S/C8H13NO2/c1-6(2)3-4-11-8(10)7-5-9-7/h6H,3-5H2,1-2H3. The summed E-state index contributed by atoms with van der Waals surface area (Å²) in [4.78, 5) is 14.6. The second kappa shape index (κ2) is 3.51. The third-order valence-electron chi connectivity index (χ3n) is 1.48. The summed E-state index contributed by atoms with van der Waals surface area (Å²) in [6.45, 7) is 5.31. The zero-order valence-electron chi connectivity index (χ0n) is 6.96. The highest BCUT2D eigenvalue weighted by Gasteiger charge is 2.20. The van der Waals surface area contributed by atoms with Crippen LogP contribution in [0.3, 0.4) is 0 Å². The number of carbonyl (C=O) groups excluding carboxylic acids is 1. The zero-order valence-corrected chi connectivity index (χ0v) is 6.96. The minimum Gasteiger partial charge on any atom is -0.461 e. The molecule has 0 saturated carbocycles. The summed E-state index contributed by atoms with van der Waals surface area (Å²) in [5.74, 6) is 0.356. The van der Waals surface area contributed by atoms with E-state index < -0.39 is 0 Å². The first-order valence-electron chi connectivity index (χ1n) is 3.90. The van der Waals surface area contributed by atoms with Crippen LogP contribution >= 0.6 is 0 Å². The maximum Gasteiger partial charge on any atom is 0.354 e. The Labute approximate surface area is 66.5 Å². The van der Waals surface area contributed by atoms with Gasteiger partial charge in [-0.3, -0.25) is 4.99 Å². The van der Waals surface area contributed by atoms with Gasteiger partial charge in [0.25, 0.3) is 0 Å². The number of ether oxygens (including phenoxy) is 1. The zero-order chi connectivity index (χ0) is 8.27. The van der Waals surface area contributed by atoms with Crippen LogP contribution in [0.25, 0.3) is 0 Å². The molecule has 0 N–H and O–H groups in total. The average Bonchev–Trinajstić information content (AvgIpc) is 2.66. The lowest BCUT2D eigenvalue weighted by Gasteiger charge is -2.03. The largest absolute Gasteiger partial charge is 0.461 e. The predicted molar refractivity (Wildman–Crippen MR) is 42.7 cm³/mol. The molecule has 0 aromatic carbocycles. The van der Waals surface area contributed by atoms with Gasteiger partial charge in [0, 0.05) is 0 Å². The molecule has 11 heavy (non-hydrogen) atoms. The lowest BCUT2D eigenvalue weighted by Crippen LogP contribution is -2.12. The van der Waals surface area contributed by atoms with Crippen LogP contribution in [0.5, 0.6) is 0 Å². The first-order valence-corrected chi connectivity index (χ1v) is 3.90. The molecule has 1 heterocycles. The quantitative estimate of drug-likeness (QED) is 0.569. The van der Waals surface area contributed by atoms with Crippen molar-refractivity contribution in [3.63, 3.8) is 0 Å². The van der Waals surface area contributed by atoms with E-state index in [0.717, 1.165) is 6.42 Å². The normalized spacial score (nSPS) is 14.6. The van der Waals surface area contributed by atoms with Crippen molar-refractivity contribution < 1.29 is 9.53 Å². The van der Waals surface area contributed by atoms with Gasteiger partial charge in [0.2, 0.25) is 0 Å². The van der Waals surface area contributed by atoms with E-state index in [0.29, 0.717) is 24.8 Å². The van der Waals surface area contributed by atoms with E-state index in [1.54, 1.807) is 0 Å². The Morgan fingerprint density at radius 1 is 1.73 bits per heavy atom. The van der Waals surface area contributed by atoms with Gasteiger partial charge in [-0.2, -0.15) is 0 Å². The van der Waals surface area contributed by atoms with Crippen LogP contribution < -0.4 is 0 Å². The first-order chi connectivity index (χ1) is 5.20. The molecule has 0 aliphatic carbocycles. The van der Waals surface area contributed by atoms with Crippen LogP contribution in [0.15, 0.2) is 4.99 Å². The number of hydrogen-bond donors (Lipinski definition) is 0. The monoisotopic (exact) mass is 155 g/mol. The fourth-order valence-corrected chi connectivity index (χ4v) is 0.639. The average molecular weight is 155 g/mol. The number of aliphatic imine (C=N–C) groups is 1. The first kappa shape index (κ1) is 8.24. The maximum absolute atomic E-state index is 10.8. The van der Waals surface area contributed by atoms with Crippen LogP contribution in [0, 0.1) is 5.92 Å². The minimum atomic E-state index is -0.231. The van der Waals surface area contributed by atoms with Gasteiger partial charge in [-0.1, -0.05) is 13.8 Å². The topological polar surface area (TPSA) is 38.7 Å². The second-order valence-electron chi connectivity index (χ2n) is 3.08. The molecule has 0 unspecified atom stereocenters. The molecule has 1 aliphatic heterocycles. The van der Waals surface area contributed by atoms with Gasteiger partial charge in [-0.15, -0.1) is 0 Å². The van der Waals surface area contributed by atoms with E-state index in [1.807, 2.05) is 0 Å². The summed E-state index contributed by atoms with van der Waals surface area (Å²) in [5.41, 5.74) is 0.591. The second-order valence-corrected chi connectivity index (χ2v) is 3.08. The van der Waals surface area contributed by atoms with Gasteiger partial charge in [-0.05, 0) is 12.3 Å². The van der Waals surface area contributed by atoms with Crippen molar-refractivity contribution in [2.45, 2.75) is 20.3 Å². The molecular formula is C8H13NO2. The molecular weight excluding hydrogens is 142 g/mol. The molecule has 0 bridgehead atoms. The SMILES string of the molecule is CC(C)CCOC(=O)C1=NC1. The molecule has 0 amide bonds. The van der Waals surface area contributed by atoms with Gasteiger partial charge in [0.05, 0.1) is 13.2 Å². The number of carbonyl (C=O) groups is 1. The summed E-state index contributed by atoms with van der Waals surface area (Å²) in [6.07, 6.45) is 0.930. The Kier molecular flexibility index (Phi) is 2.63. The molecule has 0 radical (unpaired) electrons. The Morgan fingerprint density at radius 3 is 2.82 bits per heavy atom. The van der Waals surface area contributed by atoms with Gasteiger partial charge < -0.3 is 4.74 Å². The maximum atomic E-state index is 10.8. The molecule has 0 aromatic heterocycles. The number of rotatable bonds is 4. The fraction of sp³-hybridized carbons (Fsp3) is 0.750. The number of hydrogen-bond acceptors (Lipinski definition) is 3. The van der Waals surface area contributed by atoms with Crippen molar-refractivity contribution in [2.24, 2.45) is 10.9 Å². The molecule has 1 aliphatic rings. The molecule has 0 saturated heterocycles. The summed E-state index contributed by atoms with van der Waals surface area (Å²) >= 11 is 0. The molecule has 0 atom stereocenters. The Balaban J connectivity index is 2.02. The van der Waals surface area contributed by atoms with E-state index in [4.69, 9.17) is 4.74 Å². The number of esters is 1. The van der Waals surface area contributed by atoms with Crippen molar-refractivity contribution in [3.05, 3.63) is 0 Å². The smallest absolute Gasteiger partial charge is 0.354 e. The fourth-order valence-electron chi connectivity index (χ4n) is 0.639. The summed E-state index contributed by atoms with van der Waals surface area (Å²) < 4.78 is 4.91. The van der Waals surface area contributed by atoms with Gasteiger partial charge in [0.15, 0.2) is 0 Å². The molecule has 0 spiro atoms. The molecule has 0 fully saturated rings. The van der Waals surface area contributed by atoms with E-state index in [1.165, 1.54) is 0 Å². The molecule has 62 valence electrons. The van der Waals surface area contributed by atoms with E-state index in [-0.39, 0.29) is 5.97 Å². The third kappa shape index (κ3) is 3.16. The number of nitrogens with zero attached hydrogens (tertiary/aromatic N) is 1. The highest BCUT2D eigenvalue weighted by Crippen LogP contribution is 2.02. The van der Waals surface area contributed by atoms with Crippen LogP contribution in [0.1, 0.15) is 20.3 Å². The van der Waals surface area contributed by atoms with Crippen LogP contribution in [-0.2, 0) is 9.53 Å². The summed E-state index contributed by atoms with van der Waals surface area (Å²) in [6, 6.07) is 0. The van der Waals surface area contributed by atoms with E-state index >= 15 is 0 Å². The molecule has 3 heteroatoms. The molecule has 1 rings (SSSR count). The summed E-state index contributed by atoms with van der Waals surface area (Å²) in [7, 11) is 0. The van der Waals surface area contributed by atoms with Crippen LogP contribution in [0.4, 0.5) is 0 Å². The molecule has 3 nitrogen and oxygen atoms in total. The highest BCUT2D eigenvalue weighted by atomic mass is 16.5. The van der Waals surface area contributed by atoms with E-state index in [2.05, 4.69) is 18.8 Å². The predicted octanol–water partition coefficient (Wildman–Crippen LogP) is 1.03. The minimum absolute atomic E-state index is 0.231. The van der Waals surface area contributed by atoms with E-state index in [9.17, 15) is 4.79 Å². The van der Waals surface area contributed by atoms with Gasteiger partial charge in [0.1, 0.15) is 5.71 Å². The van der Waals surface area contributed by atoms with Crippen molar-refractivity contribution in [1.82, 2.24) is 0 Å².